The Hall–Kier alpha value is -1.79. The van der Waals surface area contributed by atoms with Crippen molar-refractivity contribution in [1.82, 2.24) is 4.90 Å². The zero-order valence-electron chi connectivity index (χ0n) is 16.4. The summed E-state index contributed by atoms with van der Waals surface area (Å²) in [6, 6.07) is -1.19. The molecule has 0 bridgehead atoms. The molecule has 1 heterocycles. The number of nitrogens with zero attached hydrogens (tertiary/aromatic N) is 1. The second-order valence-corrected chi connectivity index (χ2v) is 8.18. The maximum atomic E-state index is 12.6. The highest BCUT2D eigenvalue weighted by molar-refractivity contribution is 5.83. The van der Waals surface area contributed by atoms with Crippen LogP contribution in [0.15, 0.2) is 0 Å². The first kappa shape index (κ1) is 21.3. The highest BCUT2D eigenvalue weighted by Crippen LogP contribution is 2.30. The van der Waals surface area contributed by atoms with E-state index in [2.05, 4.69) is 0 Å². The number of likely N-dealkylation sites (tertiary alicyclic amines) is 1. The van der Waals surface area contributed by atoms with Crippen molar-refractivity contribution in [2.24, 2.45) is 0 Å². The number of hydrogen-bond acceptors (Lipinski definition) is 6. The van der Waals surface area contributed by atoms with Gasteiger partial charge < -0.3 is 14.2 Å². The third kappa shape index (κ3) is 6.92. The summed E-state index contributed by atoms with van der Waals surface area (Å²) in [6.45, 7) is 12.6. The summed E-state index contributed by atoms with van der Waals surface area (Å²) in [7, 11) is 0. The summed E-state index contributed by atoms with van der Waals surface area (Å²) in [5.74, 6) is -0.879. The fourth-order valence-corrected chi connectivity index (χ4v) is 2.69. The van der Waals surface area contributed by atoms with Gasteiger partial charge in [-0.05, 0) is 61.3 Å². The molecule has 1 rings (SSSR count). The molecule has 0 aliphatic carbocycles. The highest BCUT2D eigenvalue weighted by Gasteiger charge is 2.45. The van der Waals surface area contributed by atoms with Gasteiger partial charge in [0, 0.05) is 6.04 Å². The van der Waals surface area contributed by atoms with E-state index < -0.39 is 41.3 Å². The lowest BCUT2D eigenvalue weighted by atomic mass is 10.1. The van der Waals surface area contributed by atoms with E-state index in [0.29, 0.717) is 12.8 Å². The van der Waals surface area contributed by atoms with Crippen molar-refractivity contribution in [2.75, 3.05) is 6.61 Å². The minimum absolute atomic E-state index is 0.0341. The fourth-order valence-electron chi connectivity index (χ4n) is 2.69. The molecule has 0 aromatic rings. The predicted octanol–water partition coefficient (Wildman–Crippen LogP) is 3.05. The highest BCUT2D eigenvalue weighted by atomic mass is 16.6. The van der Waals surface area contributed by atoms with Crippen LogP contribution in [0.1, 0.15) is 67.7 Å². The number of hydrogen-bond donors (Lipinski definition) is 0. The van der Waals surface area contributed by atoms with Crippen molar-refractivity contribution in [3.05, 3.63) is 0 Å². The van der Waals surface area contributed by atoms with E-state index >= 15 is 0 Å². The van der Waals surface area contributed by atoms with Crippen LogP contribution in [0.4, 0.5) is 4.79 Å². The normalized spacial score (nSPS) is 21.0. The quantitative estimate of drug-likeness (QED) is 0.568. The Labute approximate surface area is 150 Å². The molecular formula is C18H31NO6. The Balaban J connectivity index is 2.97. The van der Waals surface area contributed by atoms with Crippen LogP contribution >= 0.6 is 0 Å². The number of carbonyl (C=O) groups is 3. The molecule has 7 heteroatoms. The first-order chi connectivity index (χ1) is 11.3. The third-order valence-electron chi connectivity index (χ3n) is 3.49. The molecule has 2 atom stereocenters. The molecule has 144 valence electrons. The van der Waals surface area contributed by atoms with Crippen LogP contribution in [0.3, 0.4) is 0 Å². The van der Waals surface area contributed by atoms with Crippen LogP contribution in [0, 0.1) is 0 Å². The maximum absolute atomic E-state index is 12.6. The second kappa shape index (κ2) is 8.06. The Morgan fingerprint density at radius 3 is 2.00 bits per heavy atom. The van der Waals surface area contributed by atoms with Crippen molar-refractivity contribution in [1.29, 1.82) is 0 Å². The summed E-state index contributed by atoms with van der Waals surface area (Å²) in [4.78, 5) is 38.3. The maximum Gasteiger partial charge on any atom is 0.411 e. The molecule has 1 saturated heterocycles. The van der Waals surface area contributed by atoms with Crippen LogP contribution in [-0.4, -0.2) is 52.8 Å². The molecule has 1 amide bonds. The van der Waals surface area contributed by atoms with Crippen molar-refractivity contribution < 1.29 is 28.6 Å². The van der Waals surface area contributed by atoms with Crippen LogP contribution in [0.25, 0.3) is 0 Å². The van der Waals surface area contributed by atoms with Crippen LogP contribution in [0.2, 0.25) is 0 Å². The lowest BCUT2D eigenvalue weighted by molar-refractivity contribution is -0.161. The first-order valence-electron chi connectivity index (χ1n) is 8.74. The molecule has 0 radical (unpaired) electrons. The van der Waals surface area contributed by atoms with Gasteiger partial charge in [0.05, 0.1) is 13.0 Å². The van der Waals surface area contributed by atoms with Gasteiger partial charge in [0.15, 0.2) is 0 Å². The van der Waals surface area contributed by atoms with E-state index in [0.717, 1.165) is 0 Å². The Bertz CT molecular complexity index is 503. The summed E-state index contributed by atoms with van der Waals surface area (Å²) in [6.07, 6.45) is 0.363. The van der Waals surface area contributed by atoms with Gasteiger partial charge >= 0.3 is 18.0 Å². The number of carbonyl (C=O) groups excluding carboxylic acids is 3. The molecule has 0 aromatic heterocycles. The number of amides is 1. The predicted molar refractivity (Wildman–Crippen MR) is 92.0 cm³/mol. The molecule has 0 aromatic carbocycles. The van der Waals surface area contributed by atoms with Gasteiger partial charge in [-0.15, -0.1) is 0 Å². The minimum Gasteiger partial charge on any atom is -0.466 e. The molecule has 1 aliphatic heterocycles. The molecule has 7 nitrogen and oxygen atoms in total. The molecule has 1 aliphatic rings. The standard InChI is InChI=1S/C18H31NO6/c1-8-23-14(20)11-12-9-10-13(15(21)24-17(2,3)4)19(12)16(22)25-18(5,6)7/h12-13H,8-11H2,1-7H3/t12-,13+/m1/s1. The molecule has 0 N–H and O–H groups in total. The summed E-state index contributed by atoms with van der Waals surface area (Å²) in [5, 5.41) is 0. The molecule has 25 heavy (non-hydrogen) atoms. The van der Waals surface area contributed by atoms with Crippen molar-refractivity contribution in [2.45, 2.75) is 91.0 Å². The van der Waals surface area contributed by atoms with Crippen molar-refractivity contribution in [3.63, 3.8) is 0 Å². The molecule has 0 unspecified atom stereocenters. The Morgan fingerprint density at radius 2 is 1.52 bits per heavy atom. The van der Waals surface area contributed by atoms with Crippen LogP contribution in [-0.2, 0) is 23.8 Å². The zero-order chi connectivity index (χ0) is 19.4. The van der Waals surface area contributed by atoms with E-state index in [1.807, 2.05) is 0 Å². The van der Waals surface area contributed by atoms with Gasteiger partial charge in [-0.2, -0.15) is 0 Å². The lowest BCUT2D eigenvalue weighted by Gasteiger charge is -2.32. The van der Waals surface area contributed by atoms with Gasteiger partial charge in [-0.25, -0.2) is 9.59 Å². The number of esters is 2. The molecule has 0 spiro atoms. The molecule has 1 fully saturated rings. The average molecular weight is 357 g/mol. The van der Waals surface area contributed by atoms with Crippen LogP contribution in [0.5, 0.6) is 0 Å². The summed E-state index contributed by atoms with van der Waals surface area (Å²) < 4.78 is 15.8. The van der Waals surface area contributed by atoms with Crippen LogP contribution < -0.4 is 0 Å². The van der Waals surface area contributed by atoms with E-state index in [1.165, 1.54) is 4.90 Å². The van der Waals surface area contributed by atoms with E-state index in [4.69, 9.17) is 14.2 Å². The number of rotatable bonds is 4. The van der Waals surface area contributed by atoms with Gasteiger partial charge in [0.2, 0.25) is 0 Å². The topological polar surface area (TPSA) is 82.1 Å². The Kier molecular flexibility index (Phi) is 6.85. The SMILES string of the molecule is CCOC(=O)C[C@H]1CC[C@@H](C(=O)OC(C)(C)C)N1C(=O)OC(C)(C)C. The largest absolute Gasteiger partial charge is 0.466 e. The lowest BCUT2D eigenvalue weighted by Crippen LogP contribution is -2.49. The minimum atomic E-state index is -0.756. The monoisotopic (exact) mass is 357 g/mol. The summed E-state index contributed by atoms with van der Waals surface area (Å²) >= 11 is 0. The zero-order valence-corrected chi connectivity index (χ0v) is 16.4. The second-order valence-electron chi connectivity index (χ2n) is 8.18. The van der Waals surface area contributed by atoms with E-state index in [-0.39, 0.29) is 13.0 Å². The van der Waals surface area contributed by atoms with Gasteiger partial charge in [0.1, 0.15) is 17.2 Å². The van der Waals surface area contributed by atoms with Gasteiger partial charge in [-0.3, -0.25) is 9.69 Å². The first-order valence-corrected chi connectivity index (χ1v) is 8.74. The van der Waals surface area contributed by atoms with Crippen molar-refractivity contribution in [3.8, 4) is 0 Å². The van der Waals surface area contributed by atoms with Gasteiger partial charge in [0.25, 0.3) is 0 Å². The smallest absolute Gasteiger partial charge is 0.411 e. The average Bonchev–Trinajstić information content (AvgIpc) is 2.78. The van der Waals surface area contributed by atoms with Gasteiger partial charge in [-0.1, -0.05) is 0 Å². The summed E-state index contributed by atoms with van der Waals surface area (Å²) in [5.41, 5.74) is -1.36. The molecule has 0 saturated carbocycles. The third-order valence-corrected chi connectivity index (χ3v) is 3.49. The van der Waals surface area contributed by atoms with Crippen molar-refractivity contribution >= 4 is 18.0 Å². The van der Waals surface area contributed by atoms with E-state index in [1.54, 1.807) is 48.5 Å². The van der Waals surface area contributed by atoms with E-state index in [9.17, 15) is 14.4 Å². The Morgan fingerprint density at radius 1 is 0.960 bits per heavy atom. The number of ether oxygens (including phenoxy) is 3. The molecular weight excluding hydrogens is 326 g/mol. The fraction of sp³-hybridized carbons (Fsp3) is 0.833.